The van der Waals surface area contributed by atoms with Gasteiger partial charge in [0.25, 0.3) is 5.56 Å². The number of pyridine rings is 1. The van der Waals surface area contributed by atoms with Gasteiger partial charge in [-0.2, -0.15) is 0 Å². The first-order chi connectivity index (χ1) is 15.0. The van der Waals surface area contributed by atoms with Crippen molar-refractivity contribution in [3.8, 4) is 5.69 Å². The average molecular weight is 431 g/mol. The van der Waals surface area contributed by atoms with Crippen LogP contribution in [0.4, 0.5) is 0 Å². The average Bonchev–Trinajstić information content (AvgIpc) is 2.79. The second kappa shape index (κ2) is 9.14. The number of hydrogen-bond acceptors (Lipinski definition) is 5. The summed E-state index contributed by atoms with van der Waals surface area (Å²) in [5.41, 5.74) is 4.13. The van der Waals surface area contributed by atoms with Crippen LogP contribution in [0.5, 0.6) is 0 Å². The Morgan fingerprint density at radius 1 is 1.03 bits per heavy atom. The third kappa shape index (κ3) is 4.51. The van der Waals surface area contributed by atoms with Crippen molar-refractivity contribution in [1.29, 1.82) is 0 Å². The fraction of sp³-hybridized carbons (Fsp3) is 0.167. The van der Waals surface area contributed by atoms with Crippen LogP contribution in [-0.4, -0.2) is 26.2 Å². The van der Waals surface area contributed by atoms with Crippen molar-refractivity contribution in [3.05, 3.63) is 94.0 Å². The second-order valence-corrected chi connectivity index (χ2v) is 8.10. The second-order valence-electron chi connectivity index (χ2n) is 7.16. The van der Waals surface area contributed by atoms with Gasteiger partial charge in [-0.05, 0) is 55.3 Å². The summed E-state index contributed by atoms with van der Waals surface area (Å²) in [6, 6.07) is 18.7. The van der Waals surface area contributed by atoms with E-state index < -0.39 is 0 Å². The fourth-order valence-corrected chi connectivity index (χ4v) is 4.11. The summed E-state index contributed by atoms with van der Waals surface area (Å²) in [6.45, 7) is 4.35. The van der Waals surface area contributed by atoms with Gasteiger partial charge in [0, 0.05) is 6.20 Å². The Balaban J connectivity index is 1.65. The first-order valence-corrected chi connectivity index (χ1v) is 10.9. The van der Waals surface area contributed by atoms with Gasteiger partial charge in [0.05, 0.1) is 34.6 Å². The van der Waals surface area contributed by atoms with Crippen LogP contribution in [0.25, 0.3) is 16.6 Å². The van der Waals surface area contributed by atoms with E-state index in [9.17, 15) is 9.59 Å². The predicted octanol–water partition coefficient (Wildman–Crippen LogP) is 3.81. The smallest absolute Gasteiger partial charge is 0.266 e. The van der Waals surface area contributed by atoms with Crippen molar-refractivity contribution in [2.24, 2.45) is 0 Å². The van der Waals surface area contributed by atoms with Crippen LogP contribution in [0.2, 0.25) is 0 Å². The number of thioether (sulfide) groups is 1. The molecule has 4 aromatic rings. The summed E-state index contributed by atoms with van der Waals surface area (Å²) < 4.78 is 1.61. The number of nitrogens with one attached hydrogen (secondary N) is 1. The number of aromatic nitrogens is 3. The van der Waals surface area contributed by atoms with Gasteiger partial charge in [-0.1, -0.05) is 42.1 Å². The van der Waals surface area contributed by atoms with Crippen LogP contribution in [0.15, 0.2) is 76.8 Å². The number of nitrogens with zero attached hydrogens (tertiary/aromatic N) is 3. The summed E-state index contributed by atoms with van der Waals surface area (Å²) in [4.78, 5) is 34.7. The molecule has 0 aliphatic rings. The molecule has 2 aromatic carbocycles. The number of carbonyl (C=O) groups is 1. The maximum atomic E-state index is 13.4. The molecule has 0 bridgehead atoms. The highest BCUT2D eigenvalue weighted by molar-refractivity contribution is 7.99. The Labute approximate surface area is 184 Å². The number of amides is 1. The summed E-state index contributed by atoms with van der Waals surface area (Å²) in [7, 11) is 0. The number of benzene rings is 2. The molecule has 0 spiro atoms. The summed E-state index contributed by atoms with van der Waals surface area (Å²) >= 11 is 1.25. The van der Waals surface area contributed by atoms with Crippen LogP contribution >= 0.6 is 11.8 Å². The zero-order chi connectivity index (χ0) is 21.8. The zero-order valence-corrected chi connectivity index (χ0v) is 18.1. The molecule has 2 aromatic heterocycles. The summed E-state index contributed by atoms with van der Waals surface area (Å²) in [6.07, 6.45) is 1.69. The molecule has 156 valence electrons. The van der Waals surface area contributed by atoms with Gasteiger partial charge in [-0.15, -0.1) is 0 Å². The van der Waals surface area contributed by atoms with Crippen molar-refractivity contribution in [2.45, 2.75) is 25.5 Å². The fourth-order valence-electron chi connectivity index (χ4n) is 3.27. The van der Waals surface area contributed by atoms with Crippen LogP contribution in [0, 0.1) is 13.8 Å². The van der Waals surface area contributed by atoms with E-state index >= 15 is 0 Å². The van der Waals surface area contributed by atoms with Crippen LogP contribution in [-0.2, 0) is 11.3 Å². The van der Waals surface area contributed by atoms with Gasteiger partial charge in [-0.3, -0.25) is 19.1 Å². The SMILES string of the molecule is Cc1cccc(-n2c(SCC(=O)NCc3ccccn3)nc3ccccc3c2=O)c1C. The summed E-state index contributed by atoms with van der Waals surface area (Å²) in [5.74, 6) is -0.00627. The first kappa shape index (κ1) is 20.8. The zero-order valence-electron chi connectivity index (χ0n) is 17.3. The van der Waals surface area contributed by atoms with Gasteiger partial charge >= 0.3 is 0 Å². The maximum Gasteiger partial charge on any atom is 0.266 e. The highest BCUT2D eigenvalue weighted by atomic mass is 32.2. The minimum atomic E-state index is -0.148. The Morgan fingerprint density at radius 2 is 1.84 bits per heavy atom. The van der Waals surface area contributed by atoms with Crippen LogP contribution < -0.4 is 10.9 Å². The van der Waals surface area contributed by atoms with E-state index in [-0.39, 0.29) is 17.2 Å². The van der Waals surface area contributed by atoms with E-state index in [1.54, 1.807) is 16.8 Å². The molecule has 0 saturated heterocycles. The lowest BCUT2D eigenvalue weighted by Crippen LogP contribution is -2.26. The molecule has 31 heavy (non-hydrogen) atoms. The lowest BCUT2D eigenvalue weighted by Gasteiger charge is -2.16. The molecular formula is C24H22N4O2S. The number of aryl methyl sites for hydroxylation is 1. The van der Waals surface area contributed by atoms with Gasteiger partial charge in [-0.25, -0.2) is 4.98 Å². The van der Waals surface area contributed by atoms with Crippen LogP contribution in [0.1, 0.15) is 16.8 Å². The molecule has 7 heteroatoms. The number of carbonyl (C=O) groups excluding carboxylic acids is 1. The van der Waals surface area contributed by atoms with Crippen molar-refractivity contribution >= 4 is 28.6 Å². The van der Waals surface area contributed by atoms with Crippen molar-refractivity contribution in [3.63, 3.8) is 0 Å². The standard InChI is InChI=1S/C24H22N4O2S/c1-16-8-7-12-21(17(16)2)28-23(30)19-10-3-4-11-20(19)27-24(28)31-15-22(29)26-14-18-9-5-6-13-25-18/h3-13H,14-15H2,1-2H3,(H,26,29). The van der Waals surface area contributed by atoms with Gasteiger partial charge in [0.15, 0.2) is 5.16 Å². The lowest BCUT2D eigenvalue weighted by atomic mass is 10.1. The minimum absolute atomic E-state index is 0.141. The quantitative estimate of drug-likeness (QED) is 0.372. The molecule has 0 aliphatic carbocycles. The molecule has 0 radical (unpaired) electrons. The Hall–Kier alpha value is -3.45. The molecule has 4 rings (SSSR count). The van der Waals surface area contributed by atoms with Gasteiger partial charge in [0.2, 0.25) is 5.91 Å². The molecule has 2 heterocycles. The van der Waals surface area contributed by atoms with E-state index in [4.69, 9.17) is 4.98 Å². The highest BCUT2D eigenvalue weighted by Crippen LogP contribution is 2.24. The molecule has 0 aliphatic heterocycles. The number of rotatable bonds is 6. The normalized spacial score (nSPS) is 10.9. The van der Waals surface area contributed by atoms with Crippen LogP contribution in [0.3, 0.4) is 0 Å². The van der Waals surface area contributed by atoms with E-state index in [0.717, 1.165) is 22.5 Å². The molecule has 0 saturated carbocycles. The summed E-state index contributed by atoms with van der Waals surface area (Å²) in [5, 5.41) is 3.90. The largest absolute Gasteiger partial charge is 0.350 e. The molecule has 0 fully saturated rings. The van der Waals surface area contributed by atoms with Gasteiger partial charge in [0.1, 0.15) is 0 Å². The molecule has 0 atom stereocenters. The minimum Gasteiger partial charge on any atom is -0.350 e. The van der Waals surface area contributed by atoms with E-state index in [1.165, 1.54) is 11.8 Å². The van der Waals surface area contributed by atoms with Crippen molar-refractivity contribution in [2.75, 3.05) is 5.75 Å². The Morgan fingerprint density at radius 3 is 2.65 bits per heavy atom. The lowest BCUT2D eigenvalue weighted by molar-refractivity contribution is -0.118. The molecule has 1 amide bonds. The third-order valence-electron chi connectivity index (χ3n) is 5.09. The number of para-hydroxylation sites is 1. The molecule has 6 nitrogen and oxygen atoms in total. The van der Waals surface area contributed by atoms with E-state index in [0.29, 0.717) is 22.6 Å². The molecule has 0 unspecified atom stereocenters. The third-order valence-corrected chi connectivity index (χ3v) is 6.03. The van der Waals surface area contributed by atoms with E-state index in [2.05, 4.69) is 10.3 Å². The first-order valence-electron chi connectivity index (χ1n) is 9.92. The van der Waals surface area contributed by atoms with Crippen molar-refractivity contribution in [1.82, 2.24) is 19.9 Å². The monoisotopic (exact) mass is 430 g/mol. The Kier molecular flexibility index (Phi) is 6.13. The molecular weight excluding hydrogens is 408 g/mol. The van der Waals surface area contributed by atoms with Gasteiger partial charge < -0.3 is 5.32 Å². The maximum absolute atomic E-state index is 13.4. The predicted molar refractivity (Wildman–Crippen MR) is 124 cm³/mol. The Bertz CT molecular complexity index is 1300. The topological polar surface area (TPSA) is 76.9 Å². The number of hydrogen-bond donors (Lipinski definition) is 1. The highest BCUT2D eigenvalue weighted by Gasteiger charge is 2.16. The number of fused-ring (bicyclic) bond motifs is 1. The van der Waals surface area contributed by atoms with Crippen molar-refractivity contribution < 1.29 is 4.79 Å². The van der Waals surface area contributed by atoms with E-state index in [1.807, 2.05) is 68.4 Å². The molecule has 1 N–H and O–H groups in total.